The quantitative estimate of drug-likeness (QED) is 0.538. The first-order valence-corrected chi connectivity index (χ1v) is 11.6. The smallest absolute Gasteiger partial charge is 0.306 e. The number of allylic oxidation sites excluding steroid dienone is 4. The van der Waals surface area contributed by atoms with Gasteiger partial charge in [-0.3, -0.25) is 9.59 Å². The van der Waals surface area contributed by atoms with Crippen LogP contribution in [0.2, 0.25) is 0 Å². The van der Waals surface area contributed by atoms with E-state index in [1.54, 1.807) is 12.5 Å². The van der Waals surface area contributed by atoms with Crippen LogP contribution in [0.4, 0.5) is 0 Å². The number of hydrogen-bond donors (Lipinski definition) is 1. The Morgan fingerprint density at radius 2 is 2.00 bits per heavy atom. The largest absolute Gasteiger partial charge is 0.481 e. The van der Waals surface area contributed by atoms with Crippen molar-refractivity contribution < 1.29 is 19.4 Å². The topological polar surface area (TPSA) is 63.6 Å². The second-order valence-electron chi connectivity index (χ2n) is 9.29. The van der Waals surface area contributed by atoms with Gasteiger partial charge in [-0.25, -0.2) is 0 Å². The maximum absolute atomic E-state index is 11.4. The zero-order valence-corrected chi connectivity index (χ0v) is 18.7. The van der Waals surface area contributed by atoms with Crippen molar-refractivity contribution in [1.29, 1.82) is 0 Å². The second kappa shape index (κ2) is 11.6. The summed E-state index contributed by atoms with van der Waals surface area (Å²) in [7, 11) is 0. The summed E-state index contributed by atoms with van der Waals surface area (Å²) in [5, 5.41) is 8.18. The van der Waals surface area contributed by atoms with Crippen LogP contribution < -0.4 is 0 Å². The molecule has 0 spiro atoms. The zero-order chi connectivity index (χ0) is 21.4. The van der Waals surface area contributed by atoms with Crippen molar-refractivity contribution in [3.63, 3.8) is 0 Å². The van der Waals surface area contributed by atoms with E-state index in [1.165, 1.54) is 25.7 Å². The van der Waals surface area contributed by atoms with Crippen molar-refractivity contribution in [3.8, 4) is 0 Å². The molecule has 0 aromatic carbocycles. The van der Waals surface area contributed by atoms with E-state index in [2.05, 4.69) is 32.1 Å². The predicted octanol–water partition coefficient (Wildman–Crippen LogP) is 6.16. The maximum atomic E-state index is 11.4. The number of cyclic esters (lactones) is 1. The Kier molecular flexibility index (Phi) is 9.45. The molecule has 1 saturated heterocycles. The molecule has 1 N–H and O–H groups in total. The number of aliphatic carboxylic acids is 1. The summed E-state index contributed by atoms with van der Waals surface area (Å²) in [6.45, 7) is 8.26. The number of rotatable bonds is 6. The maximum Gasteiger partial charge on any atom is 0.306 e. The molecule has 0 amide bonds. The highest BCUT2D eigenvalue weighted by molar-refractivity contribution is 5.70. The van der Waals surface area contributed by atoms with Crippen molar-refractivity contribution in [1.82, 2.24) is 0 Å². The fraction of sp³-hybridized carbons (Fsp3) is 0.760. The minimum absolute atomic E-state index is 0.0108. The molecule has 2 aliphatic carbocycles. The molecule has 1 aliphatic heterocycles. The summed E-state index contributed by atoms with van der Waals surface area (Å²) in [5.74, 6) is 2.10. The van der Waals surface area contributed by atoms with E-state index in [0.717, 1.165) is 43.4 Å². The predicted molar refractivity (Wildman–Crippen MR) is 116 cm³/mol. The number of hydrogen-bond acceptors (Lipinski definition) is 3. The fourth-order valence-corrected chi connectivity index (χ4v) is 4.76. The molecule has 4 unspecified atom stereocenters. The third-order valence-electron chi connectivity index (χ3n) is 6.93. The number of esters is 1. The molecule has 0 bridgehead atoms. The van der Waals surface area contributed by atoms with Crippen LogP contribution in [-0.2, 0) is 14.3 Å². The number of fused-ring (bicyclic) bond motifs is 1. The highest BCUT2D eigenvalue weighted by Crippen LogP contribution is 2.43. The average molecular weight is 405 g/mol. The molecule has 29 heavy (non-hydrogen) atoms. The molecule has 164 valence electrons. The van der Waals surface area contributed by atoms with E-state index in [4.69, 9.17) is 9.84 Å². The highest BCUT2D eigenvalue weighted by Gasteiger charge is 2.33. The van der Waals surface area contributed by atoms with Gasteiger partial charge in [-0.2, -0.15) is 0 Å². The van der Waals surface area contributed by atoms with Crippen LogP contribution in [-0.4, -0.2) is 23.1 Å². The van der Waals surface area contributed by atoms with Crippen LogP contribution in [0.5, 0.6) is 0 Å². The van der Waals surface area contributed by atoms with Gasteiger partial charge in [0.15, 0.2) is 0 Å². The van der Waals surface area contributed by atoms with Crippen LogP contribution >= 0.6 is 0 Å². The van der Waals surface area contributed by atoms with Gasteiger partial charge < -0.3 is 9.84 Å². The van der Waals surface area contributed by atoms with Gasteiger partial charge in [0.1, 0.15) is 6.10 Å². The Morgan fingerprint density at radius 1 is 1.24 bits per heavy atom. The molecule has 0 aromatic heterocycles. The Morgan fingerprint density at radius 3 is 2.62 bits per heavy atom. The van der Waals surface area contributed by atoms with Gasteiger partial charge in [0, 0.05) is 6.42 Å². The molecule has 6 atom stereocenters. The molecule has 0 radical (unpaired) electrons. The van der Waals surface area contributed by atoms with E-state index in [-0.39, 0.29) is 18.0 Å². The first kappa shape index (κ1) is 23.7. The third-order valence-corrected chi connectivity index (χ3v) is 6.93. The van der Waals surface area contributed by atoms with Crippen LogP contribution in [0.25, 0.3) is 0 Å². The number of carboxylic acids is 1. The summed E-state index contributed by atoms with van der Waals surface area (Å²) >= 11 is 0. The molecule has 3 rings (SSSR count). The SMILES string of the molecule is CC1C=CC2=C[C@H](C)CCC2C1CCC[C@@H]1CCCC(=O)O1.CCC(C)C(=O)O. The van der Waals surface area contributed by atoms with Crippen LogP contribution in [0.1, 0.15) is 85.5 Å². The van der Waals surface area contributed by atoms with Gasteiger partial charge in [0.2, 0.25) is 0 Å². The second-order valence-corrected chi connectivity index (χ2v) is 9.29. The lowest BCUT2D eigenvalue weighted by molar-refractivity contribution is -0.154. The van der Waals surface area contributed by atoms with Crippen molar-refractivity contribution in [2.75, 3.05) is 0 Å². The van der Waals surface area contributed by atoms with Crippen molar-refractivity contribution >= 4 is 11.9 Å². The Hall–Kier alpha value is -1.58. The number of ether oxygens (including phenoxy) is 1. The lowest BCUT2D eigenvalue weighted by Gasteiger charge is -2.38. The summed E-state index contributed by atoms with van der Waals surface area (Å²) in [5.41, 5.74) is 1.59. The normalized spacial score (nSPS) is 32.2. The highest BCUT2D eigenvalue weighted by atomic mass is 16.5. The minimum atomic E-state index is -0.706. The fourth-order valence-electron chi connectivity index (χ4n) is 4.76. The molecule has 3 aliphatic rings. The Balaban J connectivity index is 0.000000370. The zero-order valence-electron chi connectivity index (χ0n) is 18.7. The number of carbonyl (C=O) groups excluding carboxylic acids is 1. The molecular formula is C25H40O4. The van der Waals surface area contributed by atoms with Crippen molar-refractivity contribution in [3.05, 3.63) is 23.8 Å². The molecular weight excluding hydrogens is 364 g/mol. The molecule has 0 aromatic rings. The Bertz CT molecular complexity index is 606. The third kappa shape index (κ3) is 7.31. The molecule has 1 fully saturated rings. The summed E-state index contributed by atoms with van der Waals surface area (Å²) < 4.78 is 5.46. The van der Waals surface area contributed by atoms with E-state index in [0.29, 0.717) is 12.3 Å². The average Bonchev–Trinajstić information content (AvgIpc) is 2.69. The van der Waals surface area contributed by atoms with Gasteiger partial charge in [0.05, 0.1) is 5.92 Å². The first-order valence-electron chi connectivity index (χ1n) is 11.6. The van der Waals surface area contributed by atoms with E-state index < -0.39 is 5.97 Å². The van der Waals surface area contributed by atoms with Gasteiger partial charge in [0.25, 0.3) is 0 Å². The first-order chi connectivity index (χ1) is 13.8. The molecule has 1 heterocycles. The lowest BCUT2D eigenvalue weighted by atomic mass is 9.67. The molecule has 4 heteroatoms. The summed E-state index contributed by atoms with van der Waals surface area (Å²) in [6, 6.07) is 0. The summed E-state index contributed by atoms with van der Waals surface area (Å²) in [4.78, 5) is 21.3. The Labute approximate surface area is 176 Å². The van der Waals surface area contributed by atoms with E-state index in [9.17, 15) is 9.59 Å². The molecule has 0 saturated carbocycles. The van der Waals surface area contributed by atoms with Gasteiger partial charge in [-0.05, 0) is 80.6 Å². The lowest BCUT2D eigenvalue weighted by Crippen LogP contribution is -2.29. The minimum Gasteiger partial charge on any atom is -0.481 e. The van der Waals surface area contributed by atoms with Crippen molar-refractivity contribution in [2.24, 2.45) is 29.6 Å². The van der Waals surface area contributed by atoms with Gasteiger partial charge >= 0.3 is 11.9 Å². The number of carboxylic acid groups (broad SMARTS) is 1. The molecule has 4 nitrogen and oxygen atoms in total. The van der Waals surface area contributed by atoms with Gasteiger partial charge in [-0.1, -0.05) is 45.9 Å². The van der Waals surface area contributed by atoms with Crippen LogP contribution in [0.15, 0.2) is 23.8 Å². The van der Waals surface area contributed by atoms with E-state index in [1.807, 2.05) is 6.92 Å². The monoisotopic (exact) mass is 404 g/mol. The van der Waals surface area contributed by atoms with Crippen LogP contribution in [0, 0.1) is 29.6 Å². The number of carbonyl (C=O) groups is 2. The van der Waals surface area contributed by atoms with E-state index >= 15 is 0 Å². The summed E-state index contributed by atoms with van der Waals surface area (Å²) in [6.07, 6.45) is 17.1. The van der Waals surface area contributed by atoms with Crippen LogP contribution in [0.3, 0.4) is 0 Å². The van der Waals surface area contributed by atoms with Crippen molar-refractivity contribution in [2.45, 2.75) is 91.6 Å². The van der Waals surface area contributed by atoms with Gasteiger partial charge in [-0.15, -0.1) is 0 Å². The standard InChI is InChI=1S/C20H30O2.C5H10O2/c1-14-9-12-19-16(13-14)11-10-15(2)18(19)7-3-5-17-6-4-8-20(21)22-17;1-3-4(2)5(6)7/h10-11,13-15,17-19H,3-9,12H2,1-2H3;4H,3H2,1-2H3,(H,6,7)/t14-,15?,17-,18?,19?;/m1./s1.